The van der Waals surface area contributed by atoms with E-state index < -0.39 is 0 Å². The van der Waals surface area contributed by atoms with Crippen molar-refractivity contribution in [3.05, 3.63) is 164 Å². The van der Waals surface area contributed by atoms with E-state index >= 15 is 0 Å². The zero-order chi connectivity index (χ0) is 33.2. The molecule has 0 N–H and O–H groups in total. The third-order valence-corrected chi connectivity index (χ3v) is 9.15. The Kier molecular flexibility index (Phi) is 8.12. The molecule has 2 heterocycles. The van der Waals surface area contributed by atoms with Crippen molar-refractivity contribution in [2.24, 2.45) is 0 Å². The van der Waals surface area contributed by atoms with Crippen LogP contribution in [0.15, 0.2) is 158 Å². The Balaban J connectivity index is 1.40. The van der Waals surface area contributed by atoms with Gasteiger partial charge in [-0.25, -0.2) is 15.0 Å². The van der Waals surface area contributed by atoms with Crippen molar-refractivity contribution in [3.63, 3.8) is 0 Å². The molecule has 6 aromatic carbocycles. The van der Waals surface area contributed by atoms with Gasteiger partial charge in [-0.15, -0.1) is 0 Å². The molecular formula is C45H36N4. The molecule has 0 fully saturated rings. The van der Waals surface area contributed by atoms with E-state index in [0.717, 1.165) is 51.7 Å². The lowest BCUT2D eigenvalue weighted by Gasteiger charge is -2.15. The standard InChI is InChI=1S/C45H36N4/c1-3-5-8-17-31(4-2)43-46-44(33-19-9-6-10-20-33)48-45(47-43)38-28-26-32-18-13-14-23-36(32)42(38)34-27-29-41-39(30-34)37-24-15-16-25-40(37)49(41)35-21-11-7-12-22-35/h5-30H,3-4H2,1-2H3/b8-5-,31-17+. The van der Waals surface area contributed by atoms with Gasteiger partial charge in [0, 0.05) is 33.2 Å². The topological polar surface area (TPSA) is 43.6 Å². The van der Waals surface area contributed by atoms with E-state index in [-0.39, 0.29) is 0 Å². The number of fused-ring (bicyclic) bond motifs is 4. The van der Waals surface area contributed by atoms with Crippen LogP contribution in [0.3, 0.4) is 0 Å². The van der Waals surface area contributed by atoms with Crippen LogP contribution >= 0.6 is 0 Å². The maximum Gasteiger partial charge on any atom is 0.164 e. The average Bonchev–Trinajstić information content (AvgIpc) is 3.50. The summed E-state index contributed by atoms with van der Waals surface area (Å²) in [5.41, 5.74) is 8.75. The molecule has 0 aliphatic rings. The molecule has 0 amide bonds. The van der Waals surface area contributed by atoms with Gasteiger partial charge in [-0.2, -0.15) is 0 Å². The highest BCUT2D eigenvalue weighted by molar-refractivity contribution is 6.12. The number of benzene rings is 6. The Morgan fingerprint density at radius 1 is 0.592 bits per heavy atom. The number of hydrogen-bond donors (Lipinski definition) is 0. The predicted octanol–water partition coefficient (Wildman–Crippen LogP) is 11.9. The summed E-state index contributed by atoms with van der Waals surface area (Å²) in [6.45, 7) is 4.29. The lowest BCUT2D eigenvalue weighted by Crippen LogP contribution is -2.03. The number of aromatic nitrogens is 4. The van der Waals surface area contributed by atoms with E-state index in [0.29, 0.717) is 17.5 Å². The largest absolute Gasteiger partial charge is 0.309 e. The minimum Gasteiger partial charge on any atom is -0.309 e. The van der Waals surface area contributed by atoms with E-state index in [1.54, 1.807) is 0 Å². The number of para-hydroxylation sites is 2. The molecule has 0 saturated carbocycles. The number of nitrogens with zero attached hydrogens (tertiary/aromatic N) is 4. The Labute approximate surface area is 286 Å². The molecule has 0 atom stereocenters. The molecule has 2 aromatic heterocycles. The SMILES string of the molecule is CC/C=C\C=C(/CC)c1nc(-c2ccccc2)nc(-c2ccc3ccccc3c2-c2ccc3c(c2)c2ccccc2n3-c2ccccc2)n1. The van der Waals surface area contributed by atoms with Crippen LogP contribution in [0.25, 0.3) is 77.7 Å². The molecule has 4 heteroatoms. The molecule has 0 aliphatic carbocycles. The normalized spacial score (nSPS) is 12.1. The monoisotopic (exact) mass is 632 g/mol. The van der Waals surface area contributed by atoms with Crippen LogP contribution in [0, 0.1) is 0 Å². The first-order valence-electron chi connectivity index (χ1n) is 17.0. The fourth-order valence-corrected chi connectivity index (χ4v) is 6.78. The second-order valence-electron chi connectivity index (χ2n) is 12.2. The van der Waals surface area contributed by atoms with Crippen LogP contribution in [0.5, 0.6) is 0 Å². The van der Waals surface area contributed by atoms with E-state index in [2.05, 4.69) is 158 Å². The highest BCUT2D eigenvalue weighted by atomic mass is 15.0. The molecule has 236 valence electrons. The summed E-state index contributed by atoms with van der Waals surface area (Å²) in [4.78, 5) is 15.4. The van der Waals surface area contributed by atoms with Crippen LogP contribution in [-0.4, -0.2) is 19.5 Å². The van der Waals surface area contributed by atoms with Gasteiger partial charge < -0.3 is 4.57 Å². The molecular weight excluding hydrogens is 597 g/mol. The molecule has 8 aromatic rings. The highest BCUT2D eigenvalue weighted by Crippen LogP contribution is 2.41. The Hall–Kier alpha value is -6.13. The van der Waals surface area contributed by atoms with Crippen molar-refractivity contribution in [2.45, 2.75) is 26.7 Å². The lowest BCUT2D eigenvalue weighted by molar-refractivity contribution is 1.01. The first-order chi connectivity index (χ1) is 24.2. The summed E-state index contributed by atoms with van der Waals surface area (Å²) in [5, 5.41) is 4.75. The van der Waals surface area contributed by atoms with Crippen molar-refractivity contribution in [1.29, 1.82) is 0 Å². The maximum absolute atomic E-state index is 5.20. The number of allylic oxidation sites excluding steroid dienone is 4. The maximum atomic E-state index is 5.20. The van der Waals surface area contributed by atoms with Crippen molar-refractivity contribution >= 4 is 38.2 Å². The zero-order valence-electron chi connectivity index (χ0n) is 27.7. The second-order valence-corrected chi connectivity index (χ2v) is 12.2. The van der Waals surface area contributed by atoms with Gasteiger partial charge in [0.25, 0.3) is 0 Å². The quantitative estimate of drug-likeness (QED) is 0.157. The van der Waals surface area contributed by atoms with Crippen molar-refractivity contribution < 1.29 is 0 Å². The molecule has 0 bridgehead atoms. The first kappa shape index (κ1) is 30.2. The first-order valence-corrected chi connectivity index (χ1v) is 17.0. The summed E-state index contributed by atoms with van der Waals surface area (Å²) in [6.07, 6.45) is 8.17. The fourth-order valence-electron chi connectivity index (χ4n) is 6.78. The average molecular weight is 633 g/mol. The minimum atomic E-state index is 0.662. The summed E-state index contributed by atoms with van der Waals surface area (Å²) in [7, 11) is 0. The smallest absolute Gasteiger partial charge is 0.164 e. The van der Waals surface area contributed by atoms with Crippen LogP contribution in [0.4, 0.5) is 0 Å². The van der Waals surface area contributed by atoms with E-state index in [1.807, 2.05) is 18.2 Å². The Morgan fingerprint density at radius 2 is 1.29 bits per heavy atom. The van der Waals surface area contributed by atoms with Crippen molar-refractivity contribution in [3.8, 4) is 39.6 Å². The van der Waals surface area contributed by atoms with Gasteiger partial charge in [0.1, 0.15) is 0 Å². The van der Waals surface area contributed by atoms with Gasteiger partial charge >= 0.3 is 0 Å². The van der Waals surface area contributed by atoms with Crippen LogP contribution in [0.2, 0.25) is 0 Å². The summed E-state index contributed by atoms with van der Waals surface area (Å²) in [5.74, 6) is 2.03. The summed E-state index contributed by atoms with van der Waals surface area (Å²) >= 11 is 0. The third-order valence-electron chi connectivity index (χ3n) is 9.15. The van der Waals surface area contributed by atoms with E-state index in [9.17, 15) is 0 Å². The zero-order valence-corrected chi connectivity index (χ0v) is 27.7. The minimum absolute atomic E-state index is 0.662. The van der Waals surface area contributed by atoms with E-state index in [1.165, 1.54) is 27.2 Å². The molecule has 49 heavy (non-hydrogen) atoms. The van der Waals surface area contributed by atoms with Crippen LogP contribution in [0.1, 0.15) is 32.5 Å². The van der Waals surface area contributed by atoms with Crippen molar-refractivity contribution in [1.82, 2.24) is 19.5 Å². The lowest BCUT2D eigenvalue weighted by atomic mass is 9.92. The van der Waals surface area contributed by atoms with Gasteiger partial charge in [-0.1, -0.05) is 135 Å². The summed E-state index contributed by atoms with van der Waals surface area (Å²) in [6, 6.07) is 49.3. The molecule has 0 unspecified atom stereocenters. The van der Waals surface area contributed by atoms with Gasteiger partial charge in [0.05, 0.1) is 11.0 Å². The van der Waals surface area contributed by atoms with Gasteiger partial charge in [-0.05, 0) is 71.1 Å². The van der Waals surface area contributed by atoms with Crippen LogP contribution in [-0.2, 0) is 0 Å². The number of rotatable bonds is 8. The summed E-state index contributed by atoms with van der Waals surface area (Å²) < 4.78 is 2.36. The molecule has 0 radical (unpaired) electrons. The van der Waals surface area contributed by atoms with E-state index in [4.69, 9.17) is 15.0 Å². The van der Waals surface area contributed by atoms with Gasteiger partial charge in [0.2, 0.25) is 0 Å². The Morgan fingerprint density at radius 3 is 2.08 bits per heavy atom. The predicted molar refractivity (Wildman–Crippen MR) is 206 cm³/mol. The highest BCUT2D eigenvalue weighted by Gasteiger charge is 2.20. The Bertz CT molecular complexity index is 2510. The van der Waals surface area contributed by atoms with Crippen LogP contribution < -0.4 is 0 Å². The van der Waals surface area contributed by atoms with Gasteiger partial charge in [0.15, 0.2) is 17.5 Å². The second kappa shape index (κ2) is 13.2. The third kappa shape index (κ3) is 5.62. The molecule has 4 nitrogen and oxygen atoms in total. The van der Waals surface area contributed by atoms with Gasteiger partial charge in [-0.3, -0.25) is 0 Å². The fraction of sp³-hybridized carbons (Fsp3) is 0.0889. The molecule has 0 aliphatic heterocycles. The molecule has 8 rings (SSSR count). The molecule has 0 saturated heterocycles. The molecule has 0 spiro atoms. The number of hydrogen-bond acceptors (Lipinski definition) is 3. The van der Waals surface area contributed by atoms with Crippen molar-refractivity contribution in [2.75, 3.05) is 0 Å².